The number of hydrogen-bond donors (Lipinski definition) is 11. The molecule has 0 bridgehead atoms. The lowest BCUT2D eigenvalue weighted by Gasteiger charge is -2.47. The third-order valence-corrected chi connectivity index (χ3v) is 9.57. The van der Waals surface area contributed by atoms with Crippen LogP contribution < -0.4 is 4.74 Å². The molecule has 3 aliphatic heterocycles. The van der Waals surface area contributed by atoms with E-state index in [-0.39, 0.29) is 36.0 Å². The molecule has 56 heavy (non-hydrogen) atoms. The van der Waals surface area contributed by atoms with Crippen molar-refractivity contribution in [1.82, 2.24) is 0 Å². The maximum atomic E-state index is 13.4. The third kappa shape index (κ3) is 10.0. The molecule has 20 nitrogen and oxygen atoms in total. The van der Waals surface area contributed by atoms with Gasteiger partial charge in [0, 0.05) is 6.08 Å². The molecule has 3 saturated heterocycles. The Morgan fingerprint density at radius 1 is 0.714 bits per heavy atom. The van der Waals surface area contributed by atoms with Crippen molar-refractivity contribution in [2.24, 2.45) is 0 Å². The molecule has 0 radical (unpaired) electrons. The van der Waals surface area contributed by atoms with Gasteiger partial charge in [-0.25, -0.2) is 4.79 Å². The van der Waals surface area contributed by atoms with Crippen LogP contribution in [0.25, 0.3) is 6.08 Å². The predicted octanol–water partition coefficient (Wildman–Crippen LogP) is -2.89. The Kier molecular flexibility index (Phi) is 14.9. The number of aromatic hydroxyl groups is 3. The molecule has 20 heteroatoms. The molecule has 11 N–H and O–H groups in total. The topological polar surface area (TPSA) is 313 Å². The van der Waals surface area contributed by atoms with Gasteiger partial charge in [-0.05, 0) is 54.8 Å². The first-order valence-corrected chi connectivity index (χ1v) is 17.6. The maximum absolute atomic E-state index is 13.4. The summed E-state index contributed by atoms with van der Waals surface area (Å²) < 4.78 is 45.5. The van der Waals surface area contributed by atoms with E-state index in [0.717, 1.165) is 6.08 Å². The minimum Gasteiger partial charge on any atom is -0.504 e. The number of aliphatic hydroxyl groups is 8. The summed E-state index contributed by atoms with van der Waals surface area (Å²) in [5.74, 6) is -1.81. The van der Waals surface area contributed by atoms with Crippen molar-refractivity contribution in [3.8, 4) is 23.0 Å². The second-order valence-electron chi connectivity index (χ2n) is 13.5. The average Bonchev–Trinajstić information content (AvgIpc) is 3.18. The van der Waals surface area contributed by atoms with Gasteiger partial charge in [0.05, 0.1) is 33.0 Å². The number of methoxy groups -OCH3 is 1. The molecule has 0 aliphatic carbocycles. The molecule has 0 aromatic heterocycles. The number of phenolic OH excluding ortho intramolecular Hbond substituents is 3. The first-order chi connectivity index (χ1) is 26.6. The number of rotatable bonds is 14. The number of benzene rings is 2. The largest absolute Gasteiger partial charge is 0.504 e. The molecule has 2 aromatic rings. The molecule has 3 aliphatic rings. The fraction of sp³-hybridized carbons (Fsp3) is 0.583. The molecule has 3 fully saturated rings. The van der Waals surface area contributed by atoms with Crippen molar-refractivity contribution in [1.29, 1.82) is 0 Å². The van der Waals surface area contributed by atoms with E-state index in [0.29, 0.717) is 11.1 Å². The van der Waals surface area contributed by atoms with E-state index in [1.807, 2.05) is 0 Å². The number of carbonyl (C=O) groups is 1. The lowest BCUT2D eigenvalue weighted by atomic mass is 9.96. The summed E-state index contributed by atoms with van der Waals surface area (Å²) in [4.78, 5) is 13.4. The van der Waals surface area contributed by atoms with Crippen LogP contribution in [0, 0.1) is 0 Å². The summed E-state index contributed by atoms with van der Waals surface area (Å²) in [6.45, 7) is -0.207. The molecule has 15 atom stereocenters. The van der Waals surface area contributed by atoms with E-state index in [4.69, 9.17) is 37.9 Å². The summed E-state index contributed by atoms with van der Waals surface area (Å²) >= 11 is 0. The SMILES string of the molecule is COc1cc(C=CC(=O)O[C@@H]2[C@@H](O[C@H]3O[C@H](C)[C@@H](O)[C@@H](O)[C@H]3O)[C@H](O)[C@@H](OCCc3ccc(O)c(O)c3)O[C@H]2CO[C@@H]2O[C@@H](CO)[C@H](O)[C@H](O)[C@H]2O)ccc1O. The van der Waals surface area contributed by atoms with Gasteiger partial charge < -0.3 is 94.1 Å². The lowest BCUT2D eigenvalue weighted by molar-refractivity contribution is -0.364. The van der Waals surface area contributed by atoms with Crippen LogP contribution >= 0.6 is 0 Å². The van der Waals surface area contributed by atoms with Crippen molar-refractivity contribution in [2.75, 3.05) is 26.9 Å². The molecule has 3 heterocycles. The van der Waals surface area contributed by atoms with E-state index in [1.165, 1.54) is 56.5 Å². The molecule has 5 rings (SSSR count). The Hall–Kier alpha value is -3.71. The van der Waals surface area contributed by atoms with Gasteiger partial charge in [-0.15, -0.1) is 0 Å². The molecule has 0 amide bonds. The van der Waals surface area contributed by atoms with Gasteiger partial charge in [0.15, 0.2) is 48.0 Å². The van der Waals surface area contributed by atoms with Crippen molar-refractivity contribution >= 4 is 12.0 Å². The molecule has 0 saturated carbocycles. The molecule has 2 aromatic carbocycles. The highest BCUT2D eigenvalue weighted by molar-refractivity contribution is 5.87. The average molecular weight is 801 g/mol. The van der Waals surface area contributed by atoms with Gasteiger partial charge in [0.1, 0.15) is 61.0 Å². The number of carbonyl (C=O) groups excluding carboxylic acids is 1. The van der Waals surface area contributed by atoms with Gasteiger partial charge >= 0.3 is 5.97 Å². The third-order valence-electron chi connectivity index (χ3n) is 9.57. The second-order valence-corrected chi connectivity index (χ2v) is 13.5. The number of phenols is 3. The summed E-state index contributed by atoms with van der Waals surface area (Å²) in [5, 5.41) is 113. The number of esters is 1. The lowest BCUT2D eigenvalue weighted by Crippen LogP contribution is -2.65. The molecule has 0 unspecified atom stereocenters. The zero-order chi connectivity index (χ0) is 40.8. The van der Waals surface area contributed by atoms with Gasteiger partial charge in [-0.2, -0.15) is 0 Å². The fourth-order valence-electron chi connectivity index (χ4n) is 6.29. The highest BCUT2D eigenvalue weighted by atomic mass is 16.8. The molecular weight excluding hydrogens is 752 g/mol. The standard InChI is InChI=1S/C36H48O20/c1-15-25(42)27(44)30(47)36(52-15)56-33-31(48)35(50-10-9-17-3-6-18(38)20(40)11-17)54-23(14-51-34-29(46)28(45)26(43)22(13-37)53-34)32(33)55-24(41)8-5-16-4-7-19(39)21(12-16)49-2/h3-8,11-12,15,22-23,25-40,42-48H,9-10,13-14H2,1-2H3/t15-,22+,23+,25-,26+,27-,28+,29-,30-,31+,32+,33+,34-,35+,36-/m1/s1. The Morgan fingerprint density at radius 2 is 1.38 bits per heavy atom. The summed E-state index contributed by atoms with van der Waals surface area (Å²) in [6.07, 6.45) is -22.2. The zero-order valence-electron chi connectivity index (χ0n) is 30.2. The van der Waals surface area contributed by atoms with E-state index in [2.05, 4.69) is 0 Å². The van der Waals surface area contributed by atoms with Crippen molar-refractivity contribution in [3.63, 3.8) is 0 Å². The van der Waals surface area contributed by atoms with E-state index >= 15 is 0 Å². The monoisotopic (exact) mass is 800 g/mol. The maximum Gasteiger partial charge on any atom is 0.331 e. The molecular formula is C36H48O20. The van der Waals surface area contributed by atoms with Crippen LogP contribution in [0.5, 0.6) is 23.0 Å². The van der Waals surface area contributed by atoms with Crippen LogP contribution in [-0.4, -0.2) is 181 Å². The predicted molar refractivity (Wildman–Crippen MR) is 185 cm³/mol. The molecule has 312 valence electrons. The quantitative estimate of drug-likeness (QED) is 0.0519. The van der Waals surface area contributed by atoms with Crippen LogP contribution in [0.15, 0.2) is 42.5 Å². The Labute approximate surface area is 319 Å². The first-order valence-electron chi connectivity index (χ1n) is 17.6. The smallest absolute Gasteiger partial charge is 0.331 e. The van der Waals surface area contributed by atoms with Crippen molar-refractivity contribution in [2.45, 2.75) is 105 Å². The Balaban J connectivity index is 1.44. The highest BCUT2D eigenvalue weighted by Gasteiger charge is 2.53. The molecule has 0 spiro atoms. The fourth-order valence-corrected chi connectivity index (χ4v) is 6.29. The van der Waals surface area contributed by atoms with Crippen LogP contribution in [-0.2, 0) is 44.4 Å². The Morgan fingerprint density at radius 3 is 2.07 bits per heavy atom. The second kappa shape index (κ2) is 19.2. The highest BCUT2D eigenvalue weighted by Crippen LogP contribution is 2.33. The van der Waals surface area contributed by atoms with Crippen LogP contribution in [0.4, 0.5) is 0 Å². The minimum absolute atomic E-state index is 0.115. The first kappa shape index (κ1) is 43.4. The van der Waals surface area contributed by atoms with Gasteiger partial charge in [0.2, 0.25) is 0 Å². The summed E-state index contributed by atoms with van der Waals surface area (Å²) in [7, 11) is 1.33. The van der Waals surface area contributed by atoms with Crippen LogP contribution in [0.1, 0.15) is 18.1 Å². The van der Waals surface area contributed by atoms with E-state index in [1.54, 1.807) is 0 Å². The number of aliphatic hydroxyl groups excluding tert-OH is 8. The van der Waals surface area contributed by atoms with E-state index in [9.17, 15) is 61.0 Å². The normalized spacial score (nSPS) is 36.4. The Bertz CT molecular complexity index is 1620. The zero-order valence-corrected chi connectivity index (χ0v) is 30.2. The van der Waals surface area contributed by atoms with Crippen molar-refractivity contribution < 1.29 is 98.9 Å². The summed E-state index contributed by atoms with van der Waals surface area (Å²) in [5.41, 5.74) is 0.925. The van der Waals surface area contributed by atoms with Gasteiger partial charge in [-0.3, -0.25) is 0 Å². The number of hydrogen-bond acceptors (Lipinski definition) is 20. The van der Waals surface area contributed by atoms with Crippen LogP contribution in [0.2, 0.25) is 0 Å². The van der Waals surface area contributed by atoms with Gasteiger partial charge in [0.25, 0.3) is 0 Å². The number of ether oxygens (including phenoxy) is 8. The van der Waals surface area contributed by atoms with Gasteiger partial charge in [-0.1, -0.05) is 12.1 Å². The minimum atomic E-state index is -1.87. The van der Waals surface area contributed by atoms with E-state index < -0.39 is 111 Å². The van der Waals surface area contributed by atoms with Crippen molar-refractivity contribution in [3.05, 3.63) is 53.6 Å². The van der Waals surface area contributed by atoms with Crippen LogP contribution in [0.3, 0.4) is 0 Å². The summed E-state index contributed by atoms with van der Waals surface area (Å²) in [6, 6.07) is 8.31.